The first-order valence-corrected chi connectivity index (χ1v) is 6.78. The molecule has 106 valence electrons. The van der Waals surface area contributed by atoms with Crippen molar-refractivity contribution in [3.05, 3.63) is 66.6 Å². The predicted molar refractivity (Wildman–Crippen MR) is 82.9 cm³/mol. The van der Waals surface area contributed by atoms with Crippen molar-refractivity contribution in [3.63, 3.8) is 0 Å². The number of pyridine rings is 1. The van der Waals surface area contributed by atoms with E-state index in [2.05, 4.69) is 10.2 Å². The molecule has 5 heteroatoms. The molecule has 0 bridgehead atoms. The minimum atomic E-state index is -0.927. The van der Waals surface area contributed by atoms with Gasteiger partial charge >= 0.3 is 5.97 Å². The molecule has 22 heavy (non-hydrogen) atoms. The highest BCUT2D eigenvalue weighted by Crippen LogP contribution is 2.28. The predicted octanol–water partition coefficient (Wildman–Crippen LogP) is 3.25. The quantitative estimate of drug-likeness (QED) is 0.615. The molecule has 0 atom stereocenters. The summed E-state index contributed by atoms with van der Waals surface area (Å²) < 4.78 is 1.81. The lowest BCUT2D eigenvalue weighted by Gasteiger charge is -2.08. The van der Waals surface area contributed by atoms with Crippen LogP contribution in [-0.4, -0.2) is 25.7 Å². The van der Waals surface area contributed by atoms with Gasteiger partial charge in [0, 0.05) is 6.20 Å². The molecule has 0 radical (unpaired) electrons. The Morgan fingerprint density at radius 3 is 2.77 bits per heavy atom. The van der Waals surface area contributed by atoms with E-state index in [4.69, 9.17) is 0 Å². The Hall–Kier alpha value is -3.21. The molecular weight excluding hydrogens is 278 g/mol. The molecule has 4 aromatic rings. The van der Waals surface area contributed by atoms with E-state index in [0.717, 1.165) is 27.5 Å². The maximum absolute atomic E-state index is 11.5. The van der Waals surface area contributed by atoms with Gasteiger partial charge in [0.05, 0.1) is 5.56 Å². The molecule has 0 unspecified atom stereocenters. The van der Waals surface area contributed by atoms with Crippen molar-refractivity contribution < 1.29 is 9.90 Å². The second kappa shape index (κ2) is 4.66. The Kier molecular flexibility index (Phi) is 2.66. The molecule has 0 aliphatic rings. The van der Waals surface area contributed by atoms with Gasteiger partial charge in [-0.25, -0.2) is 4.79 Å². The van der Waals surface area contributed by atoms with Crippen LogP contribution in [0.1, 0.15) is 10.4 Å². The van der Waals surface area contributed by atoms with Crippen LogP contribution < -0.4 is 0 Å². The summed E-state index contributed by atoms with van der Waals surface area (Å²) in [5, 5.41) is 18.9. The maximum atomic E-state index is 11.5. The Morgan fingerprint density at radius 2 is 1.91 bits per heavy atom. The third-order valence-corrected chi connectivity index (χ3v) is 3.72. The first kappa shape index (κ1) is 12.5. The zero-order valence-electron chi connectivity index (χ0n) is 11.5. The second-order valence-electron chi connectivity index (χ2n) is 5.06. The summed E-state index contributed by atoms with van der Waals surface area (Å²) in [4.78, 5) is 11.5. The summed E-state index contributed by atoms with van der Waals surface area (Å²) >= 11 is 0. The van der Waals surface area contributed by atoms with Crippen molar-refractivity contribution in [2.45, 2.75) is 0 Å². The number of aromatic carboxylic acids is 1. The highest BCUT2D eigenvalue weighted by atomic mass is 16.4. The zero-order valence-corrected chi connectivity index (χ0v) is 11.5. The minimum absolute atomic E-state index is 0.303. The van der Waals surface area contributed by atoms with Gasteiger partial charge in [-0.05, 0) is 46.2 Å². The fourth-order valence-electron chi connectivity index (χ4n) is 2.65. The van der Waals surface area contributed by atoms with Crippen LogP contribution in [0, 0.1) is 0 Å². The van der Waals surface area contributed by atoms with Crippen molar-refractivity contribution in [2.24, 2.45) is 0 Å². The Morgan fingerprint density at radius 1 is 1.05 bits per heavy atom. The molecule has 0 spiro atoms. The van der Waals surface area contributed by atoms with E-state index >= 15 is 0 Å². The van der Waals surface area contributed by atoms with Gasteiger partial charge in [0.2, 0.25) is 0 Å². The van der Waals surface area contributed by atoms with Crippen LogP contribution >= 0.6 is 0 Å². The van der Waals surface area contributed by atoms with Crippen LogP contribution in [0.4, 0.5) is 0 Å². The van der Waals surface area contributed by atoms with Crippen molar-refractivity contribution in [1.82, 2.24) is 14.6 Å². The van der Waals surface area contributed by atoms with E-state index in [1.807, 2.05) is 53.1 Å². The summed E-state index contributed by atoms with van der Waals surface area (Å²) in [5.41, 5.74) is 2.83. The summed E-state index contributed by atoms with van der Waals surface area (Å²) in [6, 6.07) is 15.0. The lowest BCUT2D eigenvalue weighted by Crippen LogP contribution is -1.98. The normalized spacial score (nSPS) is 11.1. The van der Waals surface area contributed by atoms with Gasteiger partial charge in [0.1, 0.15) is 6.33 Å². The Balaban J connectivity index is 1.99. The van der Waals surface area contributed by atoms with E-state index in [-0.39, 0.29) is 0 Å². The van der Waals surface area contributed by atoms with E-state index in [0.29, 0.717) is 5.56 Å². The molecule has 0 fully saturated rings. The number of carbonyl (C=O) groups is 1. The van der Waals surface area contributed by atoms with Crippen molar-refractivity contribution in [3.8, 4) is 11.1 Å². The van der Waals surface area contributed by atoms with Crippen molar-refractivity contribution in [2.75, 3.05) is 0 Å². The van der Waals surface area contributed by atoms with Gasteiger partial charge in [-0.3, -0.25) is 4.40 Å². The number of aromatic nitrogens is 3. The molecule has 2 aromatic heterocycles. The Bertz CT molecular complexity index is 1020. The van der Waals surface area contributed by atoms with Gasteiger partial charge < -0.3 is 5.11 Å². The van der Waals surface area contributed by atoms with Crippen LogP contribution in [-0.2, 0) is 0 Å². The smallest absolute Gasteiger partial charge is 0.336 e. The molecule has 1 N–H and O–H groups in total. The zero-order chi connectivity index (χ0) is 15.1. The number of rotatable bonds is 2. The molecule has 2 aromatic carbocycles. The number of carboxylic acids is 1. The van der Waals surface area contributed by atoms with Crippen LogP contribution in [0.5, 0.6) is 0 Å². The fourth-order valence-corrected chi connectivity index (χ4v) is 2.65. The monoisotopic (exact) mass is 289 g/mol. The molecular formula is C17H11N3O2. The van der Waals surface area contributed by atoms with Gasteiger partial charge in [-0.2, -0.15) is 0 Å². The number of benzene rings is 2. The average Bonchev–Trinajstić information content (AvgIpc) is 3.01. The van der Waals surface area contributed by atoms with E-state index < -0.39 is 5.97 Å². The van der Waals surface area contributed by atoms with Crippen LogP contribution in [0.3, 0.4) is 0 Å². The SMILES string of the molecule is O=C(O)c1cc(-c2ccc3nncn3c2)cc2ccccc12. The standard InChI is InChI=1S/C17H11N3O2/c21-17(22)15-8-13(7-11-3-1-2-4-14(11)15)12-5-6-16-19-18-10-20(16)9-12/h1-10H,(H,21,22). The summed E-state index contributed by atoms with van der Waals surface area (Å²) in [7, 11) is 0. The number of hydrogen-bond donors (Lipinski definition) is 1. The lowest BCUT2D eigenvalue weighted by atomic mass is 9.97. The van der Waals surface area contributed by atoms with Crippen LogP contribution in [0.2, 0.25) is 0 Å². The molecule has 2 heterocycles. The van der Waals surface area contributed by atoms with E-state index in [9.17, 15) is 9.90 Å². The summed E-state index contributed by atoms with van der Waals surface area (Å²) in [6.07, 6.45) is 3.52. The molecule has 0 saturated heterocycles. The second-order valence-corrected chi connectivity index (χ2v) is 5.06. The average molecular weight is 289 g/mol. The number of nitrogens with zero attached hydrogens (tertiary/aromatic N) is 3. The van der Waals surface area contributed by atoms with Gasteiger partial charge in [0.25, 0.3) is 0 Å². The highest BCUT2D eigenvalue weighted by molar-refractivity contribution is 6.05. The van der Waals surface area contributed by atoms with Crippen LogP contribution in [0.25, 0.3) is 27.5 Å². The van der Waals surface area contributed by atoms with E-state index in [1.165, 1.54) is 0 Å². The number of carboxylic acid groups (broad SMARTS) is 1. The third kappa shape index (κ3) is 1.91. The topological polar surface area (TPSA) is 67.5 Å². The van der Waals surface area contributed by atoms with Crippen molar-refractivity contribution in [1.29, 1.82) is 0 Å². The largest absolute Gasteiger partial charge is 0.478 e. The van der Waals surface area contributed by atoms with Gasteiger partial charge in [0.15, 0.2) is 5.65 Å². The molecule has 0 saturated carbocycles. The minimum Gasteiger partial charge on any atom is -0.478 e. The molecule has 4 rings (SSSR count). The third-order valence-electron chi connectivity index (χ3n) is 3.72. The van der Waals surface area contributed by atoms with Gasteiger partial charge in [-0.1, -0.05) is 24.3 Å². The Labute approximate surface area is 125 Å². The fraction of sp³-hybridized carbons (Fsp3) is 0. The van der Waals surface area contributed by atoms with E-state index in [1.54, 1.807) is 12.4 Å². The molecule has 5 nitrogen and oxygen atoms in total. The summed E-state index contributed by atoms with van der Waals surface area (Å²) in [5.74, 6) is -0.927. The van der Waals surface area contributed by atoms with Crippen LogP contribution in [0.15, 0.2) is 61.1 Å². The number of fused-ring (bicyclic) bond motifs is 2. The van der Waals surface area contributed by atoms with Gasteiger partial charge in [-0.15, -0.1) is 10.2 Å². The highest BCUT2D eigenvalue weighted by Gasteiger charge is 2.11. The van der Waals surface area contributed by atoms with Crippen molar-refractivity contribution >= 4 is 22.4 Å². The first-order chi connectivity index (χ1) is 10.7. The molecule has 0 aliphatic heterocycles. The maximum Gasteiger partial charge on any atom is 0.336 e. The first-order valence-electron chi connectivity index (χ1n) is 6.78. The molecule has 0 aliphatic carbocycles. The lowest BCUT2D eigenvalue weighted by molar-refractivity contribution is 0.0699. The number of hydrogen-bond acceptors (Lipinski definition) is 3. The molecule has 0 amide bonds. The summed E-state index contributed by atoms with van der Waals surface area (Å²) in [6.45, 7) is 0.